The SMILES string of the molecule is CCOC1CCCN(C(=O)c2cc3sc(N(C)C)nc3s2)C1. The number of fused-ring (bicyclic) bond motifs is 1. The molecular formula is C15H21N3O2S2. The van der Waals surface area contributed by atoms with E-state index < -0.39 is 0 Å². The van der Waals surface area contributed by atoms with E-state index in [0.717, 1.165) is 38.9 Å². The van der Waals surface area contributed by atoms with E-state index in [1.807, 2.05) is 36.9 Å². The molecule has 1 aliphatic heterocycles. The molecule has 1 fully saturated rings. The van der Waals surface area contributed by atoms with Crippen LogP contribution in [0.25, 0.3) is 9.53 Å². The first-order valence-electron chi connectivity index (χ1n) is 7.57. The molecule has 2 aromatic heterocycles. The van der Waals surface area contributed by atoms with Gasteiger partial charge in [-0.15, -0.1) is 11.3 Å². The molecule has 5 nitrogen and oxygen atoms in total. The van der Waals surface area contributed by atoms with E-state index in [0.29, 0.717) is 13.2 Å². The Morgan fingerprint density at radius 2 is 2.32 bits per heavy atom. The number of thiophene rings is 1. The smallest absolute Gasteiger partial charge is 0.264 e. The predicted octanol–water partition coefficient (Wildman–Crippen LogP) is 3.06. The number of carbonyl (C=O) groups is 1. The molecule has 2 aromatic rings. The molecule has 1 amide bonds. The standard InChI is InChI=1S/C15H21N3O2S2/c1-4-20-10-6-5-7-18(9-10)14(19)12-8-11-13(21-12)16-15(22-11)17(2)3/h8,10H,4-7,9H2,1-3H3. The zero-order chi connectivity index (χ0) is 15.7. The number of anilines is 1. The van der Waals surface area contributed by atoms with Crippen molar-refractivity contribution >= 4 is 43.2 Å². The summed E-state index contributed by atoms with van der Waals surface area (Å²) in [5.41, 5.74) is 0. The highest BCUT2D eigenvalue weighted by molar-refractivity contribution is 7.29. The van der Waals surface area contributed by atoms with E-state index in [2.05, 4.69) is 4.98 Å². The van der Waals surface area contributed by atoms with E-state index >= 15 is 0 Å². The number of ether oxygens (including phenoxy) is 1. The van der Waals surface area contributed by atoms with Crippen molar-refractivity contribution < 1.29 is 9.53 Å². The van der Waals surface area contributed by atoms with Gasteiger partial charge in [0.25, 0.3) is 5.91 Å². The Bertz CT molecular complexity index is 631. The van der Waals surface area contributed by atoms with Crippen molar-refractivity contribution in [3.8, 4) is 0 Å². The van der Waals surface area contributed by atoms with Crippen LogP contribution in [-0.2, 0) is 4.74 Å². The number of carbonyl (C=O) groups excluding carboxylic acids is 1. The zero-order valence-electron chi connectivity index (χ0n) is 13.2. The van der Waals surface area contributed by atoms with Gasteiger partial charge in [-0.2, -0.15) is 0 Å². The number of rotatable bonds is 4. The van der Waals surface area contributed by atoms with Crippen molar-refractivity contribution in [2.24, 2.45) is 0 Å². The fraction of sp³-hybridized carbons (Fsp3) is 0.600. The summed E-state index contributed by atoms with van der Waals surface area (Å²) in [6.45, 7) is 4.24. The molecule has 22 heavy (non-hydrogen) atoms. The third-order valence-corrected chi connectivity index (χ3v) is 6.06. The van der Waals surface area contributed by atoms with Crippen LogP contribution in [0.1, 0.15) is 29.4 Å². The molecule has 0 saturated carbocycles. The summed E-state index contributed by atoms with van der Waals surface area (Å²) in [5.74, 6) is 0.117. The van der Waals surface area contributed by atoms with Crippen molar-refractivity contribution in [2.75, 3.05) is 38.7 Å². The van der Waals surface area contributed by atoms with E-state index in [1.165, 1.54) is 11.3 Å². The number of hydrogen-bond donors (Lipinski definition) is 0. The third kappa shape index (κ3) is 3.11. The summed E-state index contributed by atoms with van der Waals surface area (Å²) in [6.07, 6.45) is 2.24. The maximum Gasteiger partial charge on any atom is 0.264 e. The second-order valence-electron chi connectivity index (χ2n) is 5.64. The minimum absolute atomic E-state index is 0.117. The number of piperidine rings is 1. The summed E-state index contributed by atoms with van der Waals surface area (Å²) < 4.78 is 6.77. The number of nitrogens with zero attached hydrogens (tertiary/aromatic N) is 3. The summed E-state index contributed by atoms with van der Waals surface area (Å²) in [7, 11) is 3.96. The maximum atomic E-state index is 12.7. The molecular weight excluding hydrogens is 318 g/mol. The second kappa shape index (κ2) is 6.52. The first-order valence-corrected chi connectivity index (χ1v) is 9.20. The van der Waals surface area contributed by atoms with Crippen LogP contribution in [0.4, 0.5) is 5.13 Å². The molecule has 0 aliphatic carbocycles. The molecule has 1 atom stereocenters. The molecule has 7 heteroatoms. The number of aromatic nitrogens is 1. The maximum absolute atomic E-state index is 12.7. The van der Waals surface area contributed by atoms with Crippen LogP contribution in [0.15, 0.2) is 6.07 Å². The van der Waals surface area contributed by atoms with Gasteiger partial charge in [-0.1, -0.05) is 11.3 Å². The van der Waals surface area contributed by atoms with Gasteiger partial charge in [-0.05, 0) is 25.8 Å². The average molecular weight is 339 g/mol. The predicted molar refractivity (Wildman–Crippen MR) is 92.4 cm³/mol. The van der Waals surface area contributed by atoms with Crippen LogP contribution in [0, 0.1) is 0 Å². The topological polar surface area (TPSA) is 45.7 Å². The zero-order valence-corrected chi connectivity index (χ0v) is 14.8. The van der Waals surface area contributed by atoms with Gasteiger partial charge >= 0.3 is 0 Å². The van der Waals surface area contributed by atoms with Gasteiger partial charge in [-0.25, -0.2) is 4.98 Å². The Balaban J connectivity index is 1.75. The van der Waals surface area contributed by atoms with Crippen molar-refractivity contribution in [1.82, 2.24) is 9.88 Å². The summed E-state index contributed by atoms with van der Waals surface area (Å²) >= 11 is 3.12. The van der Waals surface area contributed by atoms with Crippen molar-refractivity contribution in [2.45, 2.75) is 25.9 Å². The quantitative estimate of drug-likeness (QED) is 0.859. The average Bonchev–Trinajstić information content (AvgIpc) is 3.05. The lowest BCUT2D eigenvalue weighted by molar-refractivity contribution is 0.00742. The Morgan fingerprint density at radius 1 is 1.50 bits per heavy atom. The van der Waals surface area contributed by atoms with Gasteiger partial charge in [0, 0.05) is 33.8 Å². The Morgan fingerprint density at radius 3 is 3.00 bits per heavy atom. The van der Waals surface area contributed by atoms with Crippen LogP contribution in [0.2, 0.25) is 0 Å². The monoisotopic (exact) mass is 339 g/mol. The number of likely N-dealkylation sites (tertiary alicyclic amines) is 1. The number of amides is 1. The minimum atomic E-state index is 0.117. The van der Waals surface area contributed by atoms with Crippen LogP contribution >= 0.6 is 22.7 Å². The molecule has 3 heterocycles. The summed E-state index contributed by atoms with van der Waals surface area (Å²) in [6, 6.07) is 1.98. The lowest BCUT2D eigenvalue weighted by atomic mass is 10.1. The van der Waals surface area contributed by atoms with Crippen LogP contribution < -0.4 is 4.90 Å². The highest BCUT2D eigenvalue weighted by Gasteiger charge is 2.26. The minimum Gasteiger partial charge on any atom is -0.377 e. The molecule has 0 radical (unpaired) electrons. The first kappa shape index (κ1) is 15.7. The lowest BCUT2D eigenvalue weighted by Gasteiger charge is -2.32. The lowest BCUT2D eigenvalue weighted by Crippen LogP contribution is -2.43. The van der Waals surface area contributed by atoms with E-state index in [4.69, 9.17) is 4.74 Å². The highest BCUT2D eigenvalue weighted by Crippen LogP contribution is 2.34. The van der Waals surface area contributed by atoms with Gasteiger partial charge in [-0.3, -0.25) is 4.79 Å². The summed E-state index contributed by atoms with van der Waals surface area (Å²) in [5, 5.41) is 0.981. The Hall–Kier alpha value is -1.18. The van der Waals surface area contributed by atoms with Gasteiger partial charge in [0.2, 0.25) is 0 Å². The third-order valence-electron chi connectivity index (χ3n) is 3.74. The van der Waals surface area contributed by atoms with Crippen molar-refractivity contribution in [3.05, 3.63) is 10.9 Å². The molecule has 1 saturated heterocycles. The van der Waals surface area contributed by atoms with E-state index in [1.54, 1.807) is 11.3 Å². The van der Waals surface area contributed by atoms with Gasteiger partial charge in [0.05, 0.1) is 15.7 Å². The molecule has 3 rings (SSSR count). The van der Waals surface area contributed by atoms with E-state index in [-0.39, 0.29) is 12.0 Å². The largest absolute Gasteiger partial charge is 0.377 e. The van der Waals surface area contributed by atoms with Crippen molar-refractivity contribution in [1.29, 1.82) is 0 Å². The van der Waals surface area contributed by atoms with Gasteiger partial charge in [0.15, 0.2) is 5.13 Å². The molecule has 1 unspecified atom stereocenters. The molecule has 120 valence electrons. The highest BCUT2D eigenvalue weighted by atomic mass is 32.1. The van der Waals surface area contributed by atoms with E-state index in [9.17, 15) is 4.79 Å². The molecule has 1 aliphatic rings. The molecule has 0 N–H and O–H groups in total. The van der Waals surface area contributed by atoms with Crippen LogP contribution in [0.5, 0.6) is 0 Å². The number of thiazole rings is 1. The van der Waals surface area contributed by atoms with Gasteiger partial charge < -0.3 is 14.5 Å². The van der Waals surface area contributed by atoms with Crippen LogP contribution in [-0.4, -0.2) is 55.7 Å². The fourth-order valence-corrected chi connectivity index (χ4v) is 4.77. The van der Waals surface area contributed by atoms with Gasteiger partial charge in [0.1, 0.15) is 4.83 Å². The second-order valence-corrected chi connectivity index (χ2v) is 7.68. The molecule has 0 spiro atoms. The molecule has 0 aromatic carbocycles. The normalized spacial score (nSPS) is 18.9. The summed E-state index contributed by atoms with van der Waals surface area (Å²) in [4.78, 5) is 22.9. The first-order chi connectivity index (χ1) is 10.6. The number of hydrogen-bond acceptors (Lipinski definition) is 6. The Kier molecular flexibility index (Phi) is 4.65. The fourth-order valence-electron chi connectivity index (χ4n) is 2.67. The van der Waals surface area contributed by atoms with Crippen molar-refractivity contribution in [3.63, 3.8) is 0 Å². The Labute approximate surface area is 138 Å². The van der Waals surface area contributed by atoms with Crippen LogP contribution in [0.3, 0.4) is 0 Å². The molecule has 0 bridgehead atoms.